The number of piperazine rings is 1. The lowest BCUT2D eigenvalue weighted by molar-refractivity contribution is -0.136. The fourth-order valence-electron chi connectivity index (χ4n) is 3.45. The van der Waals surface area contributed by atoms with Crippen molar-refractivity contribution in [3.63, 3.8) is 0 Å². The minimum Gasteiger partial charge on any atom is -0.453 e. The zero-order chi connectivity index (χ0) is 19.8. The number of carbonyl (C=O) groups excluding carboxylic acids is 2. The van der Waals surface area contributed by atoms with Gasteiger partial charge in [-0.25, -0.2) is 4.39 Å². The number of fused-ring (bicyclic) bond motifs is 3. The summed E-state index contributed by atoms with van der Waals surface area (Å²) in [5, 5.41) is 1.28. The van der Waals surface area contributed by atoms with E-state index >= 15 is 0 Å². The summed E-state index contributed by atoms with van der Waals surface area (Å²) < 4.78 is 32.8. The third-order valence-corrected chi connectivity index (χ3v) is 6.27. The Kier molecular flexibility index (Phi) is 4.89. The quantitative estimate of drug-likeness (QED) is 0.675. The van der Waals surface area contributed by atoms with Gasteiger partial charge < -0.3 is 14.2 Å². The molecule has 1 atom stereocenters. The van der Waals surface area contributed by atoms with E-state index in [1.807, 2.05) is 12.1 Å². The Morgan fingerprint density at radius 1 is 1.07 bits per heavy atom. The van der Waals surface area contributed by atoms with Gasteiger partial charge in [0.25, 0.3) is 0 Å². The van der Waals surface area contributed by atoms with E-state index in [-0.39, 0.29) is 28.0 Å². The van der Waals surface area contributed by atoms with Crippen molar-refractivity contribution in [1.29, 1.82) is 0 Å². The van der Waals surface area contributed by atoms with E-state index < -0.39 is 16.6 Å². The maximum atomic E-state index is 14.5. The molecule has 1 aliphatic rings. The van der Waals surface area contributed by atoms with Crippen molar-refractivity contribution in [3.8, 4) is 0 Å². The molecule has 1 unspecified atom stereocenters. The average molecular weight is 402 g/mol. The molecule has 4 rings (SSSR count). The van der Waals surface area contributed by atoms with Crippen LogP contribution in [0.15, 0.2) is 45.7 Å². The molecular formula is C20H19FN2O4S. The second-order valence-corrected chi connectivity index (χ2v) is 8.21. The first-order valence-corrected chi connectivity index (χ1v) is 10.3. The van der Waals surface area contributed by atoms with Crippen LogP contribution in [0.5, 0.6) is 0 Å². The molecule has 146 valence electrons. The first kappa shape index (κ1) is 18.6. The highest BCUT2D eigenvalue weighted by Gasteiger charge is 2.24. The Hall–Kier alpha value is -2.74. The van der Waals surface area contributed by atoms with Gasteiger partial charge in [-0.1, -0.05) is 18.2 Å². The Balaban J connectivity index is 1.53. The third kappa shape index (κ3) is 3.40. The summed E-state index contributed by atoms with van der Waals surface area (Å²) in [5.74, 6) is -1.11. The Morgan fingerprint density at radius 3 is 2.46 bits per heavy atom. The number of para-hydroxylation sites is 1. The molecule has 1 aromatic heterocycles. The summed E-state index contributed by atoms with van der Waals surface area (Å²) in [6.45, 7) is 3.26. The molecule has 2 aromatic carbocycles. The second-order valence-electron chi connectivity index (χ2n) is 6.76. The molecular weight excluding hydrogens is 383 g/mol. The van der Waals surface area contributed by atoms with E-state index in [2.05, 4.69) is 0 Å². The van der Waals surface area contributed by atoms with Crippen molar-refractivity contribution in [2.75, 3.05) is 31.9 Å². The molecule has 0 bridgehead atoms. The zero-order valence-corrected chi connectivity index (χ0v) is 16.1. The van der Waals surface area contributed by atoms with Gasteiger partial charge >= 0.3 is 0 Å². The predicted molar refractivity (Wildman–Crippen MR) is 104 cm³/mol. The predicted octanol–water partition coefficient (Wildman–Crippen LogP) is 2.52. The Morgan fingerprint density at radius 2 is 1.75 bits per heavy atom. The van der Waals surface area contributed by atoms with Crippen LogP contribution in [0.1, 0.15) is 6.92 Å². The number of benzene rings is 2. The molecule has 1 aliphatic heterocycles. The van der Waals surface area contributed by atoms with Crippen molar-refractivity contribution in [2.45, 2.75) is 11.8 Å². The minimum absolute atomic E-state index is 0.0215. The number of furan rings is 1. The lowest BCUT2D eigenvalue weighted by Crippen LogP contribution is -2.51. The summed E-state index contributed by atoms with van der Waals surface area (Å²) in [6, 6.07) is 9.97. The van der Waals surface area contributed by atoms with Gasteiger partial charge in [-0.3, -0.25) is 13.8 Å². The maximum Gasteiger partial charge on any atom is 0.235 e. The molecule has 6 nitrogen and oxygen atoms in total. The maximum absolute atomic E-state index is 14.5. The molecule has 1 fully saturated rings. The van der Waals surface area contributed by atoms with Crippen LogP contribution >= 0.6 is 0 Å². The first-order chi connectivity index (χ1) is 13.4. The number of hydrogen-bond donors (Lipinski definition) is 0. The largest absolute Gasteiger partial charge is 0.453 e. The van der Waals surface area contributed by atoms with Gasteiger partial charge in [0.2, 0.25) is 11.8 Å². The van der Waals surface area contributed by atoms with Crippen molar-refractivity contribution in [3.05, 3.63) is 42.2 Å². The molecule has 2 amide bonds. The van der Waals surface area contributed by atoms with Crippen molar-refractivity contribution >= 4 is 44.6 Å². The highest BCUT2D eigenvalue weighted by molar-refractivity contribution is 7.85. The molecule has 0 saturated carbocycles. The van der Waals surface area contributed by atoms with Gasteiger partial charge in [0, 0.05) is 48.8 Å². The summed E-state index contributed by atoms with van der Waals surface area (Å²) in [4.78, 5) is 27.4. The van der Waals surface area contributed by atoms with Crippen LogP contribution in [-0.2, 0) is 20.4 Å². The Labute approximate surface area is 163 Å². The summed E-state index contributed by atoms with van der Waals surface area (Å²) >= 11 is 0. The van der Waals surface area contributed by atoms with E-state index in [0.717, 1.165) is 5.39 Å². The molecule has 8 heteroatoms. The summed E-state index contributed by atoms with van der Waals surface area (Å²) in [5.41, 5.74) is 0.674. The standard InChI is InChI=1S/C20H19FN2O4S/c1-13(24)22-6-8-23(9-7-22)19(25)12-28(26)14-10-16-15-4-2-3-5-18(15)27-20(16)17(21)11-14/h2-5,10-11H,6-9,12H2,1H3. The Bertz CT molecular complexity index is 1100. The van der Waals surface area contributed by atoms with Gasteiger partial charge in [-0.05, 0) is 18.2 Å². The highest BCUT2D eigenvalue weighted by atomic mass is 32.2. The van der Waals surface area contributed by atoms with Crippen LogP contribution in [0.4, 0.5) is 4.39 Å². The van der Waals surface area contributed by atoms with Crippen LogP contribution in [-0.4, -0.2) is 57.8 Å². The molecule has 28 heavy (non-hydrogen) atoms. The van der Waals surface area contributed by atoms with Crippen LogP contribution < -0.4 is 0 Å². The molecule has 1 saturated heterocycles. The molecule has 0 N–H and O–H groups in total. The molecule has 0 radical (unpaired) electrons. The highest BCUT2D eigenvalue weighted by Crippen LogP contribution is 2.32. The first-order valence-electron chi connectivity index (χ1n) is 8.96. The summed E-state index contributed by atoms with van der Waals surface area (Å²) in [6.07, 6.45) is 0. The number of rotatable bonds is 3. The molecule has 3 aromatic rings. The van der Waals surface area contributed by atoms with Crippen LogP contribution in [0, 0.1) is 5.82 Å². The van der Waals surface area contributed by atoms with Crippen molar-refractivity contribution < 1.29 is 22.6 Å². The number of halogens is 1. The lowest BCUT2D eigenvalue weighted by atomic mass is 10.1. The van der Waals surface area contributed by atoms with Gasteiger partial charge in [-0.2, -0.15) is 0 Å². The monoisotopic (exact) mass is 402 g/mol. The van der Waals surface area contributed by atoms with E-state index in [9.17, 15) is 18.2 Å². The van der Waals surface area contributed by atoms with E-state index in [0.29, 0.717) is 37.1 Å². The topological polar surface area (TPSA) is 70.8 Å². The molecule has 0 spiro atoms. The molecule has 2 heterocycles. The van der Waals surface area contributed by atoms with Gasteiger partial charge in [0.05, 0.1) is 10.8 Å². The van der Waals surface area contributed by atoms with Crippen LogP contribution in [0.2, 0.25) is 0 Å². The fraction of sp³-hybridized carbons (Fsp3) is 0.300. The second kappa shape index (κ2) is 7.35. The summed E-state index contributed by atoms with van der Waals surface area (Å²) in [7, 11) is -1.68. The number of nitrogens with zero attached hydrogens (tertiary/aromatic N) is 2. The van der Waals surface area contributed by atoms with E-state index in [1.54, 1.807) is 28.0 Å². The number of hydrogen-bond acceptors (Lipinski definition) is 4. The number of amides is 2. The normalized spacial score (nSPS) is 15.9. The average Bonchev–Trinajstić information content (AvgIpc) is 3.07. The zero-order valence-electron chi connectivity index (χ0n) is 15.3. The van der Waals surface area contributed by atoms with Crippen molar-refractivity contribution in [2.24, 2.45) is 0 Å². The fourth-order valence-corrected chi connectivity index (χ4v) is 4.51. The molecule has 0 aliphatic carbocycles. The number of carbonyl (C=O) groups is 2. The van der Waals surface area contributed by atoms with Crippen LogP contribution in [0.25, 0.3) is 21.9 Å². The third-order valence-electron chi connectivity index (χ3n) is 5.00. The van der Waals surface area contributed by atoms with E-state index in [1.165, 1.54) is 13.0 Å². The minimum atomic E-state index is -1.68. The van der Waals surface area contributed by atoms with Crippen molar-refractivity contribution in [1.82, 2.24) is 9.80 Å². The lowest BCUT2D eigenvalue weighted by Gasteiger charge is -2.34. The smallest absolute Gasteiger partial charge is 0.235 e. The van der Waals surface area contributed by atoms with E-state index in [4.69, 9.17) is 4.42 Å². The van der Waals surface area contributed by atoms with Gasteiger partial charge in [0.1, 0.15) is 11.3 Å². The van der Waals surface area contributed by atoms with Gasteiger partial charge in [0.15, 0.2) is 11.4 Å². The van der Waals surface area contributed by atoms with Gasteiger partial charge in [-0.15, -0.1) is 0 Å². The van der Waals surface area contributed by atoms with Crippen LogP contribution in [0.3, 0.4) is 0 Å². The SMILES string of the molecule is CC(=O)N1CCN(C(=O)CS(=O)c2cc(F)c3oc4ccccc4c3c2)CC1.